The lowest BCUT2D eigenvalue weighted by Gasteiger charge is -2.29. The number of aryl methyl sites for hydroxylation is 1. The number of rotatable bonds is 5. The molecule has 0 amide bonds. The Morgan fingerprint density at radius 2 is 2.26 bits per heavy atom. The minimum atomic E-state index is 0.550. The zero-order valence-electron chi connectivity index (χ0n) is 12.1. The molecule has 1 heterocycles. The Morgan fingerprint density at radius 3 is 3.00 bits per heavy atom. The SMILES string of the molecule is CCNc1ncc(C)c(NC2CCCC(SC)C2)n1. The molecule has 0 radical (unpaired) electrons. The van der Waals surface area contributed by atoms with Crippen molar-refractivity contribution in [2.45, 2.75) is 50.8 Å². The van der Waals surface area contributed by atoms with Crippen LogP contribution in [0.1, 0.15) is 38.2 Å². The summed E-state index contributed by atoms with van der Waals surface area (Å²) in [5, 5.41) is 7.57. The van der Waals surface area contributed by atoms with Gasteiger partial charge < -0.3 is 10.6 Å². The Kier molecular flexibility index (Phi) is 5.31. The highest BCUT2D eigenvalue weighted by molar-refractivity contribution is 7.99. The van der Waals surface area contributed by atoms with Crippen LogP contribution in [0.4, 0.5) is 11.8 Å². The molecule has 5 heteroatoms. The van der Waals surface area contributed by atoms with Crippen LogP contribution in [0.15, 0.2) is 6.20 Å². The van der Waals surface area contributed by atoms with Crippen molar-refractivity contribution in [3.05, 3.63) is 11.8 Å². The molecule has 106 valence electrons. The van der Waals surface area contributed by atoms with Crippen molar-refractivity contribution in [2.24, 2.45) is 0 Å². The molecule has 19 heavy (non-hydrogen) atoms. The fourth-order valence-electron chi connectivity index (χ4n) is 2.51. The molecule has 1 aromatic rings. The van der Waals surface area contributed by atoms with Crippen LogP contribution < -0.4 is 10.6 Å². The first kappa shape index (κ1) is 14.4. The Bertz CT molecular complexity index is 410. The lowest BCUT2D eigenvalue weighted by Crippen LogP contribution is -2.29. The standard InChI is InChI=1S/C14H24N4S/c1-4-15-14-16-9-10(2)13(18-14)17-11-6-5-7-12(8-11)19-3/h9,11-12H,4-8H2,1-3H3,(H2,15,16,17,18). The summed E-state index contributed by atoms with van der Waals surface area (Å²) >= 11 is 1.99. The van der Waals surface area contributed by atoms with E-state index < -0.39 is 0 Å². The molecule has 2 atom stereocenters. The first-order valence-corrected chi connectivity index (χ1v) is 8.38. The van der Waals surface area contributed by atoms with E-state index in [1.807, 2.05) is 18.0 Å². The van der Waals surface area contributed by atoms with Crippen molar-refractivity contribution >= 4 is 23.5 Å². The van der Waals surface area contributed by atoms with Gasteiger partial charge in [-0.1, -0.05) is 6.42 Å². The van der Waals surface area contributed by atoms with E-state index in [0.29, 0.717) is 12.0 Å². The van der Waals surface area contributed by atoms with Crippen LogP contribution >= 0.6 is 11.8 Å². The van der Waals surface area contributed by atoms with Crippen LogP contribution in [-0.2, 0) is 0 Å². The molecule has 0 aliphatic heterocycles. The van der Waals surface area contributed by atoms with E-state index in [0.717, 1.165) is 23.2 Å². The Morgan fingerprint density at radius 1 is 1.42 bits per heavy atom. The molecular weight excluding hydrogens is 256 g/mol. The Labute approximate surface area is 120 Å². The molecule has 1 saturated carbocycles. The summed E-state index contributed by atoms with van der Waals surface area (Å²) in [7, 11) is 0. The predicted molar refractivity (Wildman–Crippen MR) is 84.1 cm³/mol. The second kappa shape index (κ2) is 6.98. The van der Waals surface area contributed by atoms with Crippen LogP contribution in [0.3, 0.4) is 0 Å². The predicted octanol–water partition coefficient (Wildman–Crippen LogP) is 3.30. The number of nitrogens with zero attached hydrogens (tertiary/aromatic N) is 2. The van der Waals surface area contributed by atoms with E-state index in [1.54, 1.807) is 0 Å². The fraction of sp³-hybridized carbons (Fsp3) is 0.714. The van der Waals surface area contributed by atoms with E-state index in [-0.39, 0.29) is 0 Å². The minimum Gasteiger partial charge on any atom is -0.367 e. The van der Waals surface area contributed by atoms with Gasteiger partial charge in [0.1, 0.15) is 5.82 Å². The van der Waals surface area contributed by atoms with Gasteiger partial charge in [-0.2, -0.15) is 16.7 Å². The van der Waals surface area contributed by atoms with Crippen LogP contribution in [0.25, 0.3) is 0 Å². The lowest BCUT2D eigenvalue weighted by molar-refractivity contribution is 0.472. The summed E-state index contributed by atoms with van der Waals surface area (Å²) in [6.45, 7) is 4.97. The van der Waals surface area contributed by atoms with Crippen LogP contribution in [0.5, 0.6) is 0 Å². The van der Waals surface area contributed by atoms with Crippen molar-refractivity contribution in [2.75, 3.05) is 23.4 Å². The minimum absolute atomic E-state index is 0.550. The van der Waals surface area contributed by atoms with Gasteiger partial charge in [0.25, 0.3) is 0 Å². The summed E-state index contributed by atoms with van der Waals surface area (Å²) in [5.41, 5.74) is 1.12. The number of nitrogens with one attached hydrogen (secondary N) is 2. The summed E-state index contributed by atoms with van der Waals surface area (Å²) in [6.07, 6.45) is 9.25. The van der Waals surface area contributed by atoms with E-state index in [1.165, 1.54) is 25.7 Å². The molecule has 2 unspecified atom stereocenters. The second-order valence-corrected chi connectivity index (χ2v) is 6.26. The number of anilines is 2. The van der Waals surface area contributed by atoms with Gasteiger partial charge in [-0.05, 0) is 39.4 Å². The maximum Gasteiger partial charge on any atom is 0.224 e. The summed E-state index contributed by atoms with van der Waals surface area (Å²) in [6, 6.07) is 0.550. The highest BCUT2D eigenvalue weighted by Gasteiger charge is 2.21. The van der Waals surface area contributed by atoms with Crippen molar-refractivity contribution in [1.29, 1.82) is 0 Å². The third kappa shape index (κ3) is 4.00. The third-order valence-electron chi connectivity index (χ3n) is 3.61. The molecule has 0 saturated heterocycles. The van der Waals surface area contributed by atoms with Gasteiger partial charge in [-0.15, -0.1) is 0 Å². The first-order valence-electron chi connectivity index (χ1n) is 7.09. The van der Waals surface area contributed by atoms with Crippen LogP contribution in [0.2, 0.25) is 0 Å². The molecule has 1 fully saturated rings. The van der Waals surface area contributed by atoms with Crippen molar-refractivity contribution in [1.82, 2.24) is 9.97 Å². The molecule has 4 nitrogen and oxygen atoms in total. The summed E-state index contributed by atoms with van der Waals surface area (Å²) < 4.78 is 0. The van der Waals surface area contributed by atoms with Gasteiger partial charge in [0.15, 0.2) is 0 Å². The maximum absolute atomic E-state index is 4.57. The molecule has 0 bridgehead atoms. The van der Waals surface area contributed by atoms with E-state index >= 15 is 0 Å². The highest BCUT2D eigenvalue weighted by Crippen LogP contribution is 2.29. The molecule has 1 aromatic heterocycles. The zero-order chi connectivity index (χ0) is 13.7. The lowest BCUT2D eigenvalue weighted by atomic mass is 9.95. The molecule has 1 aliphatic rings. The van der Waals surface area contributed by atoms with Crippen molar-refractivity contribution < 1.29 is 0 Å². The molecule has 0 spiro atoms. The van der Waals surface area contributed by atoms with Gasteiger partial charge in [-0.25, -0.2) is 4.98 Å². The number of hydrogen-bond acceptors (Lipinski definition) is 5. The molecular formula is C14H24N4S. The quantitative estimate of drug-likeness (QED) is 0.866. The van der Waals surface area contributed by atoms with Crippen molar-refractivity contribution in [3.8, 4) is 0 Å². The Balaban J connectivity index is 2.03. The van der Waals surface area contributed by atoms with E-state index in [9.17, 15) is 0 Å². The maximum atomic E-state index is 4.57. The van der Waals surface area contributed by atoms with Gasteiger partial charge in [-0.3, -0.25) is 0 Å². The smallest absolute Gasteiger partial charge is 0.224 e. The van der Waals surface area contributed by atoms with Crippen LogP contribution in [0, 0.1) is 6.92 Å². The van der Waals surface area contributed by atoms with Gasteiger partial charge >= 0.3 is 0 Å². The Hall–Kier alpha value is -0.970. The van der Waals surface area contributed by atoms with E-state index in [4.69, 9.17) is 0 Å². The second-order valence-electron chi connectivity index (χ2n) is 5.12. The number of thioether (sulfide) groups is 1. The van der Waals surface area contributed by atoms with Gasteiger partial charge in [0.2, 0.25) is 5.95 Å². The normalized spacial score (nSPS) is 23.1. The van der Waals surface area contributed by atoms with Crippen molar-refractivity contribution in [3.63, 3.8) is 0 Å². The monoisotopic (exact) mass is 280 g/mol. The fourth-order valence-corrected chi connectivity index (χ4v) is 3.34. The number of hydrogen-bond donors (Lipinski definition) is 2. The topological polar surface area (TPSA) is 49.8 Å². The molecule has 0 aromatic carbocycles. The molecule has 2 N–H and O–H groups in total. The molecule has 1 aliphatic carbocycles. The highest BCUT2D eigenvalue weighted by atomic mass is 32.2. The molecule has 2 rings (SSSR count). The number of aromatic nitrogens is 2. The van der Waals surface area contributed by atoms with E-state index in [2.05, 4.69) is 40.7 Å². The summed E-state index contributed by atoms with van der Waals surface area (Å²) in [5.74, 6) is 1.70. The van der Waals surface area contributed by atoms with Gasteiger partial charge in [0.05, 0.1) is 0 Å². The first-order chi connectivity index (χ1) is 9.22. The van der Waals surface area contributed by atoms with Crippen LogP contribution in [-0.4, -0.2) is 34.1 Å². The average Bonchev–Trinajstić information content (AvgIpc) is 2.43. The third-order valence-corrected chi connectivity index (χ3v) is 4.70. The summed E-state index contributed by atoms with van der Waals surface area (Å²) in [4.78, 5) is 8.85. The largest absolute Gasteiger partial charge is 0.367 e. The zero-order valence-corrected chi connectivity index (χ0v) is 12.9. The average molecular weight is 280 g/mol. The van der Waals surface area contributed by atoms with Gasteiger partial charge in [0, 0.05) is 29.6 Å².